The molecule has 0 atom stereocenters. The molecule has 1 N–H and O–H groups in total. The van der Waals surface area contributed by atoms with Crippen LogP contribution in [0.3, 0.4) is 0 Å². The van der Waals surface area contributed by atoms with E-state index >= 15 is 0 Å². The molecule has 6 nitrogen and oxygen atoms in total. The topological polar surface area (TPSA) is 76.1 Å². The summed E-state index contributed by atoms with van der Waals surface area (Å²) in [5.41, 5.74) is 3.04. The van der Waals surface area contributed by atoms with E-state index in [4.69, 9.17) is 0 Å². The lowest BCUT2D eigenvalue weighted by atomic mass is 10.1. The number of hydrogen-bond donors (Lipinski definition) is 1. The number of anilines is 1. The third-order valence-electron chi connectivity index (χ3n) is 3.78. The smallest absolute Gasteiger partial charge is 0.293 e. The molecule has 1 aromatic carbocycles. The third-order valence-corrected chi connectivity index (χ3v) is 3.78. The van der Waals surface area contributed by atoms with Gasteiger partial charge in [-0.1, -0.05) is 6.92 Å². The Labute approximate surface area is 134 Å². The first-order valence-electron chi connectivity index (χ1n) is 7.44. The first kappa shape index (κ1) is 16.6. The quantitative estimate of drug-likeness (QED) is 0.524. The monoisotopic (exact) mass is 314 g/mol. The zero-order valence-electron chi connectivity index (χ0n) is 13.5. The third kappa shape index (κ3) is 4.12. The Bertz CT molecular complexity index is 739. The number of pyridine rings is 1. The van der Waals surface area contributed by atoms with Gasteiger partial charge >= 0.3 is 0 Å². The number of hydrogen-bond acceptors (Lipinski definition) is 3. The summed E-state index contributed by atoms with van der Waals surface area (Å²) in [7, 11) is 0. The van der Waals surface area contributed by atoms with Crippen LogP contribution in [0.2, 0.25) is 0 Å². The van der Waals surface area contributed by atoms with E-state index in [0.29, 0.717) is 0 Å². The van der Waals surface area contributed by atoms with Gasteiger partial charge in [-0.25, -0.2) is 0 Å². The van der Waals surface area contributed by atoms with Crippen molar-refractivity contribution in [1.82, 2.24) is 0 Å². The van der Waals surface area contributed by atoms with Crippen molar-refractivity contribution in [2.45, 2.75) is 33.7 Å². The molecule has 2 aromatic rings. The zero-order valence-corrected chi connectivity index (χ0v) is 13.5. The van der Waals surface area contributed by atoms with Crippen LogP contribution in [-0.2, 0) is 17.8 Å². The number of nitrogens with zero attached hydrogens (tertiary/aromatic N) is 2. The molecule has 0 bridgehead atoms. The molecule has 0 saturated carbocycles. The van der Waals surface area contributed by atoms with Crippen LogP contribution in [0, 0.1) is 24.0 Å². The molecule has 1 amide bonds. The Balaban J connectivity index is 2.16. The molecule has 1 heterocycles. The summed E-state index contributed by atoms with van der Waals surface area (Å²) in [6.45, 7) is 5.82. The maximum Gasteiger partial charge on any atom is 0.293 e. The van der Waals surface area contributed by atoms with Crippen LogP contribution >= 0.6 is 0 Å². The lowest BCUT2D eigenvalue weighted by Crippen LogP contribution is -2.39. The number of aromatic nitrogens is 1. The van der Waals surface area contributed by atoms with Crippen molar-refractivity contribution in [3.05, 3.63) is 63.5 Å². The highest BCUT2D eigenvalue weighted by Crippen LogP contribution is 2.27. The molecule has 23 heavy (non-hydrogen) atoms. The Morgan fingerprint density at radius 3 is 2.39 bits per heavy atom. The number of nitro groups is 1. The van der Waals surface area contributed by atoms with Crippen LogP contribution in [0.15, 0.2) is 36.7 Å². The van der Waals surface area contributed by atoms with Crippen LogP contribution in [0.4, 0.5) is 11.4 Å². The molecule has 6 heteroatoms. The predicted octanol–water partition coefficient (Wildman–Crippen LogP) is 2.70. The average molecular weight is 314 g/mol. The fourth-order valence-corrected chi connectivity index (χ4v) is 2.24. The fourth-order valence-electron chi connectivity index (χ4n) is 2.24. The normalized spacial score (nSPS) is 10.4. The van der Waals surface area contributed by atoms with E-state index < -0.39 is 4.92 Å². The van der Waals surface area contributed by atoms with Crippen LogP contribution in [0.1, 0.15) is 23.6 Å². The van der Waals surface area contributed by atoms with Crippen LogP contribution < -0.4 is 9.88 Å². The molecule has 120 valence electrons. The number of rotatable bonds is 5. The van der Waals surface area contributed by atoms with Gasteiger partial charge in [0.2, 0.25) is 6.54 Å². The number of carbonyl (C=O) groups excluding carboxylic acids is 1. The van der Waals surface area contributed by atoms with E-state index in [2.05, 4.69) is 12.2 Å². The summed E-state index contributed by atoms with van der Waals surface area (Å²) in [6, 6.07) is 7.02. The number of benzene rings is 1. The van der Waals surface area contributed by atoms with Gasteiger partial charge in [0, 0.05) is 18.2 Å². The van der Waals surface area contributed by atoms with E-state index in [1.807, 2.05) is 31.5 Å². The molecule has 0 aliphatic rings. The van der Waals surface area contributed by atoms with E-state index in [1.165, 1.54) is 11.6 Å². The van der Waals surface area contributed by atoms with Gasteiger partial charge in [-0.2, -0.15) is 4.57 Å². The van der Waals surface area contributed by atoms with Gasteiger partial charge in [0.25, 0.3) is 11.6 Å². The highest BCUT2D eigenvalue weighted by Gasteiger charge is 2.19. The first-order chi connectivity index (χ1) is 10.9. The molecule has 0 saturated heterocycles. The Hall–Kier alpha value is -2.76. The van der Waals surface area contributed by atoms with Crippen molar-refractivity contribution in [2.24, 2.45) is 0 Å². The van der Waals surface area contributed by atoms with Gasteiger partial charge in [-0.05, 0) is 43.0 Å². The van der Waals surface area contributed by atoms with Gasteiger partial charge in [0.1, 0.15) is 5.69 Å². The highest BCUT2D eigenvalue weighted by molar-refractivity contribution is 5.92. The average Bonchev–Trinajstić information content (AvgIpc) is 2.51. The molecule has 0 radical (unpaired) electrons. The Morgan fingerprint density at radius 2 is 1.83 bits per heavy atom. The van der Waals surface area contributed by atoms with Crippen molar-refractivity contribution < 1.29 is 14.3 Å². The molecule has 0 spiro atoms. The summed E-state index contributed by atoms with van der Waals surface area (Å²) < 4.78 is 1.74. The summed E-state index contributed by atoms with van der Waals surface area (Å²) >= 11 is 0. The van der Waals surface area contributed by atoms with Gasteiger partial charge in [-0.3, -0.25) is 14.9 Å². The lowest BCUT2D eigenvalue weighted by molar-refractivity contribution is -0.684. The molecular weight excluding hydrogens is 294 g/mol. The maximum absolute atomic E-state index is 12.2. The van der Waals surface area contributed by atoms with E-state index in [-0.39, 0.29) is 23.8 Å². The molecule has 0 unspecified atom stereocenters. The van der Waals surface area contributed by atoms with Gasteiger partial charge in [0.05, 0.1) is 4.92 Å². The van der Waals surface area contributed by atoms with Gasteiger partial charge in [-0.15, -0.1) is 0 Å². The largest absolute Gasteiger partial charge is 0.315 e. The van der Waals surface area contributed by atoms with Crippen molar-refractivity contribution in [1.29, 1.82) is 0 Å². The zero-order chi connectivity index (χ0) is 17.0. The van der Waals surface area contributed by atoms with Crippen LogP contribution in [-0.4, -0.2) is 10.8 Å². The summed E-state index contributed by atoms with van der Waals surface area (Å²) in [5.74, 6) is -0.300. The van der Waals surface area contributed by atoms with Crippen LogP contribution in [0.25, 0.3) is 0 Å². The van der Waals surface area contributed by atoms with Crippen molar-refractivity contribution in [3.63, 3.8) is 0 Å². The van der Waals surface area contributed by atoms with E-state index in [0.717, 1.165) is 17.5 Å². The first-order valence-corrected chi connectivity index (χ1v) is 7.44. The van der Waals surface area contributed by atoms with Gasteiger partial charge < -0.3 is 5.32 Å². The molecular formula is C17H20N3O3+. The Morgan fingerprint density at radius 1 is 1.22 bits per heavy atom. The minimum atomic E-state index is -0.481. The van der Waals surface area contributed by atoms with Crippen molar-refractivity contribution in [2.75, 3.05) is 5.32 Å². The molecule has 1 aromatic heterocycles. The Kier molecular flexibility index (Phi) is 5.05. The highest BCUT2D eigenvalue weighted by atomic mass is 16.6. The van der Waals surface area contributed by atoms with E-state index in [1.54, 1.807) is 17.6 Å². The number of aryl methyl sites for hydroxylation is 3. The number of nitrogens with one attached hydrogen (secondary N) is 1. The predicted molar refractivity (Wildman–Crippen MR) is 87.2 cm³/mol. The maximum atomic E-state index is 12.2. The lowest BCUT2D eigenvalue weighted by Gasteiger charge is -2.08. The second kappa shape index (κ2) is 7.00. The van der Waals surface area contributed by atoms with Crippen molar-refractivity contribution in [3.8, 4) is 0 Å². The number of nitro benzene ring substituents is 1. The fraction of sp³-hybridized carbons (Fsp3) is 0.294. The SMILES string of the molecule is CCc1cc[n+](CC(=O)Nc2cc(C)c(C)cc2[N+](=O)[O-])cc1. The number of amides is 1. The standard InChI is InChI=1S/C17H19N3O3/c1-4-14-5-7-19(8-6-14)11-17(21)18-15-9-12(2)13(3)10-16(15)20(22)23/h5-10H,4,11H2,1-3H3/p+1. The van der Waals surface area contributed by atoms with E-state index in [9.17, 15) is 14.9 Å². The summed E-state index contributed by atoms with van der Waals surface area (Å²) in [4.78, 5) is 22.8. The second-order valence-electron chi connectivity index (χ2n) is 5.49. The van der Waals surface area contributed by atoms with Gasteiger partial charge in [0.15, 0.2) is 12.4 Å². The second-order valence-corrected chi connectivity index (χ2v) is 5.49. The minimum Gasteiger partial charge on any atom is -0.315 e. The molecule has 0 aliphatic carbocycles. The van der Waals surface area contributed by atoms with Crippen molar-refractivity contribution >= 4 is 17.3 Å². The summed E-state index contributed by atoms with van der Waals surface area (Å²) in [5, 5.41) is 13.8. The molecule has 0 fully saturated rings. The minimum absolute atomic E-state index is 0.0900. The molecule has 0 aliphatic heterocycles. The summed E-state index contributed by atoms with van der Waals surface area (Å²) in [6.07, 6.45) is 4.59. The number of carbonyl (C=O) groups is 1. The van der Waals surface area contributed by atoms with Crippen LogP contribution in [0.5, 0.6) is 0 Å². The molecule has 2 rings (SSSR count).